The number of carbonyl (C=O) groups is 1. The minimum Gasteiger partial charge on any atom is -0.493 e. The van der Waals surface area contributed by atoms with Crippen LogP contribution in [0.1, 0.15) is 22.3 Å². The van der Waals surface area contributed by atoms with Gasteiger partial charge in [-0.3, -0.25) is 4.79 Å². The molecule has 31 heavy (non-hydrogen) atoms. The molecule has 1 saturated heterocycles. The first-order valence-corrected chi connectivity index (χ1v) is 11.7. The van der Waals surface area contributed by atoms with E-state index < -0.39 is 9.84 Å². The van der Waals surface area contributed by atoms with E-state index in [4.69, 9.17) is 14.2 Å². The summed E-state index contributed by atoms with van der Waals surface area (Å²) in [5.74, 6) is 1.59. The molecule has 1 fully saturated rings. The van der Waals surface area contributed by atoms with Crippen LogP contribution in [0.5, 0.6) is 17.2 Å². The van der Waals surface area contributed by atoms with E-state index >= 15 is 0 Å². The third kappa shape index (κ3) is 5.58. The Kier molecular flexibility index (Phi) is 7.22. The zero-order valence-corrected chi connectivity index (χ0v) is 18.6. The van der Waals surface area contributed by atoms with Gasteiger partial charge in [-0.15, -0.1) is 0 Å². The normalized spacial score (nSPS) is 17.0. The van der Waals surface area contributed by atoms with Crippen LogP contribution in [-0.2, 0) is 16.4 Å². The molecule has 1 heterocycles. The Morgan fingerprint density at radius 3 is 2.42 bits per heavy atom. The van der Waals surface area contributed by atoms with E-state index in [0.29, 0.717) is 35.8 Å². The molecule has 3 rings (SSSR count). The van der Waals surface area contributed by atoms with Gasteiger partial charge in [0, 0.05) is 18.2 Å². The van der Waals surface area contributed by atoms with Gasteiger partial charge in [0.15, 0.2) is 21.3 Å². The van der Waals surface area contributed by atoms with Crippen LogP contribution in [0.25, 0.3) is 0 Å². The Bertz CT molecular complexity index is 1030. The number of ether oxygens (including phenoxy) is 3. The van der Waals surface area contributed by atoms with Gasteiger partial charge in [-0.1, -0.05) is 18.7 Å². The number of nitrogens with zero attached hydrogens (tertiary/aromatic N) is 1. The van der Waals surface area contributed by atoms with Gasteiger partial charge in [0.05, 0.1) is 25.7 Å². The lowest BCUT2D eigenvalue weighted by Gasteiger charge is -2.29. The molecule has 0 unspecified atom stereocenters. The van der Waals surface area contributed by atoms with Crippen molar-refractivity contribution in [2.45, 2.75) is 19.0 Å². The lowest BCUT2D eigenvalue weighted by Crippen LogP contribution is -2.40. The third-order valence-corrected chi connectivity index (χ3v) is 6.93. The summed E-state index contributed by atoms with van der Waals surface area (Å²) >= 11 is 0. The average Bonchev–Trinajstić information content (AvgIpc) is 3.15. The maximum absolute atomic E-state index is 13.4. The summed E-state index contributed by atoms with van der Waals surface area (Å²) in [6, 6.07) is 11.8. The smallest absolute Gasteiger partial charge is 0.254 e. The second-order valence-electron chi connectivity index (χ2n) is 7.30. The molecule has 1 aliphatic heterocycles. The van der Waals surface area contributed by atoms with Crippen molar-refractivity contribution in [3.05, 3.63) is 66.2 Å². The van der Waals surface area contributed by atoms with E-state index in [1.807, 2.05) is 6.07 Å². The third-order valence-electron chi connectivity index (χ3n) is 5.18. The predicted octanol–water partition coefficient (Wildman–Crippen LogP) is 3.10. The van der Waals surface area contributed by atoms with Crippen molar-refractivity contribution < 1.29 is 27.4 Å². The quantitative estimate of drug-likeness (QED) is 0.552. The Morgan fingerprint density at radius 1 is 1.13 bits per heavy atom. The molecule has 0 saturated carbocycles. The Balaban J connectivity index is 1.88. The van der Waals surface area contributed by atoms with E-state index in [1.54, 1.807) is 61.6 Å². The fourth-order valence-corrected chi connectivity index (χ4v) is 5.31. The predicted molar refractivity (Wildman–Crippen MR) is 119 cm³/mol. The molecular weight excluding hydrogens is 418 g/mol. The van der Waals surface area contributed by atoms with Crippen LogP contribution in [-0.4, -0.2) is 57.6 Å². The maximum atomic E-state index is 13.4. The van der Waals surface area contributed by atoms with Gasteiger partial charge in [0.1, 0.15) is 12.4 Å². The summed E-state index contributed by atoms with van der Waals surface area (Å²) in [4.78, 5) is 15.0. The number of hydrogen-bond donors (Lipinski definition) is 0. The monoisotopic (exact) mass is 445 g/mol. The lowest BCUT2D eigenvalue weighted by atomic mass is 10.1. The number of amides is 1. The van der Waals surface area contributed by atoms with E-state index in [2.05, 4.69) is 6.58 Å². The first kappa shape index (κ1) is 22.7. The first-order valence-electron chi connectivity index (χ1n) is 9.93. The van der Waals surface area contributed by atoms with Crippen molar-refractivity contribution in [2.75, 3.05) is 32.3 Å². The summed E-state index contributed by atoms with van der Waals surface area (Å²) < 4.78 is 40.3. The van der Waals surface area contributed by atoms with Gasteiger partial charge >= 0.3 is 0 Å². The highest BCUT2D eigenvalue weighted by Crippen LogP contribution is 2.30. The van der Waals surface area contributed by atoms with Crippen molar-refractivity contribution in [1.82, 2.24) is 4.90 Å². The highest BCUT2D eigenvalue weighted by molar-refractivity contribution is 7.91. The van der Waals surface area contributed by atoms with Gasteiger partial charge < -0.3 is 19.1 Å². The van der Waals surface area contributed by atoms with Crippen LogP contribution >= 0.6 is 0 Å². The van der Waals surface area contributed by atoms with Crippen molar-refractivity contribution in [3.8, 4) is 17.2 Å². The molecule has 1 aliphatic rings. The summed E-state index contributed by atoms with van der Waals surface area (Å²) in [7, 11) is -0.0565. The number of sulfone groups is 1. The Hall–Kier alpha value is -3.00. The van der Waals surface area contributed by atoms with Crippen molar-refractivity contribution in [2.24, 2.45) is 0 Å². The molecular formula is C23H27NO6S. The van der Waals surface area contributed by atoms with Gasteiger partial charge in [-0.05, 0) is 48.4 Å². The van der Waals surface area contributed by atoms with Gasteiger partial charge in [0.2, 0.25) is 0 Å². The molecule has 1 atom stereocenters. The van der Waals surface area contributed by atoms with Gasteiger partial charge in [0.25, 0.3) is 5.91 Å². The Labute approximate surface area is 183 Å². The fraction of sp³-hybridized carbons (Fsp3) is 0.348. The topological polar surface area (TPSA) is 82.1 Å². The number of rotatable bonds is 9. The average molecular weight is 446 g/mol. The minimum absolute atomic E-state index is 0.0352. The van der Waals surface area contributed by atoms with Crippen LogP contribution in [0.2, 0.25) is 0 Å². The Morgan fingerprint density at radius 2 is 1.84 bits per heavy atom. The summed E-state index contributed by atoms with van der Waals surface area (Å²) in [5.41, 5.74) is 1.29. The first-order chi connectivity index (χ1) is 14.9. The van der Waals surface area contributed by atoms with Crippen LogP contribution in [0, 0.1) is 0 Å². The molecule has 0 N–H and O–H groups in total. The molecule has 2 aromatic rings. The van der Waals surface area contributed by atoms with E-state index in [-0.39, 0.29) is 30.0 Å². The molecule has 0 spiro atoms. The molecule has 0 aromatic heterocycles. The fourth-order valence-electron chi connectivity index (χ4n) is 3.58. The zero-order chi connectivity index (χ0) is 22.4. The molecule has 0 radical (unpaired) electrons. The number of carbonyl (C=O) groups excluding carboxylic acids is 1. The summed E-state index contributed by atoms with van der Waals surface area (Å²) in [6.07, 6.45) is 2.06. The van der Waals surface area contributed by atoms with E-state index in [1.165, 1.54) is 0 Å². The van der Waals surface area contributed by atoms with E-state index in [9.17, 15) is 13.2 Å². The van der Waals surface area contributed by atoms with Crippen LogP contribution in [0.4, 0.5) is 0 Å². The summed E-state index contributed by atoms with van der Waals surface area (Å²) in [5, 5.41) is 0. The SMILES string of the molecule is C=CCOc1ccc(C(=O)N(Cc2ccc(OC)c(OC)c2)[C@H]2CCS(=O)(=O)C2)cc1. The second-order valence-corrected chi connectivity index (χ2v) is 9.53. The minimum atomic E-state index is -3.16. The summed E-state index contributed by atoms with van der Waals surface area (Å²) in [6.45, 7) is 4.24. The van der Waals surface area contributed by atoms with Crippen LogP contribution < -0.4 is 14.2 Å². The van der Waals surface area contributed by atoms with Gasteiger partial charge in [-0.25, -0.2) is 8.42 Å². The highest BCUT2D eigenvalue weighted by atomic mass is 32.2. The standard InChI is InChI=1S/C23H27NO6S/c1-4-12-30-20-8-6-18(7-9-20)23(25)24(19-11-13-31(26,27)16-19)15-17-5-10-21(28-2)22(14-17)29-3/h4-10,14,19H,1,11-13,15-16H2,2-3H3/t19-/m0/s1. The number of hydrogen-bond acceptors (Lipinski definition) is 6. The van der Waals surface area contributed by atoms with Crippen LogP contribution in [0.3, 0.4) is 0 Å². The van der Waals surface area contributed by atoms with Crippen LogP contribution in [0.15, 0.2) is 55.1 Å². The number of benzene rings is 2. The largest absolute Gasteiger partial charge is 0.493 e. The molecule has 8 heteroatoms. The van der Waals surface area contributed by atoms with Crippen molar-refractivity contribution >= 4 is 15.7 Å². The lowest BCUT2D eigenvalue weighted by molar-refractivity contribution is 0.0680. The van der Waals surface area contributed by atoms with Crippen molar-refractivity contribution in [3.63, 3.8) is 0 Å². The molecule has 7 nitrogen and oxygen atoms in total. The zero-order valence-electron chi connectivity index (χ0n) is 17.7. The maximum Gasteiger partial charge on any atom is 0.254 e. The molecule has 1 amide bonds. The molecule has 2 aromatic carbocycles. The molecule has 166 valence electrons. The van der Waals surface area contributed by atoms with E-state index in [0.717, 1.165) is 5.56 Å². The number of methoxy groups -OCH3 is 2. The van der Waals surface area contributed by atoms with Crippen molar-refractivity contribution in [1.29, 1.82) is 0 Å². The molecule has 0 bridgehead atoms. The highest BCUT2D eigenvalue weighted by Gasteiger charge is 2.35. The molecule has 0 aliphatic carbocycles. The van der Waals surface area contributed by atoms with Gasteiger partial charge in [-0.2, -0.15) is 0 Å². The second kappa shape index (κ2) is 9.87.